The van der Waals surface area contributed by atoms with Crippen molar-refractivity contribution in [2.45, 2.75) is 13.8 Å². The fourth-order valence-corrected chi connectivity index (χ4v) is 2.26. The standard InChI is InChI=1S/C12H13FN2O3/c1-12(2)8(9(12)11(17)18)10(16)15-6-3-4-7(13)14-5-6/h3-5,8-9H,1-2H3,(H,15,16)(H,17,18). The van der Waals surface area contributed by atoms with E-state index in [2.05, 4.69) is 10.3 Å². The zero-order valence-electron chi connectivity index (χ0n) is 9.98. The molecule has 1 aliphatic rings. The Morgan fingerprint density at radius 1 is 1.39 bits per heavy atom. The van der Waals surface area contributed by atoms with Crippen LogP contribution in [0.25, 0.3) is 0 Å². The number of nitrogens with zero attached hydrogens (tertiary/aromatic N) is 1. The summed E-state index contributed by atoms with van der Waals surface area (Å²) in [5.41, 5.74) is -0.197. The first-order chi connectivity index (χ1) is 8.34. The van der Waals surface area contributed by atoms with Crippen LogP contribution in [0.5, 0.6) is 0 Å². The van der Waals surface area contributed by atoms with E-state index in [1.807, 2.05) is 0 Å². The molecular formula is C12H13FN2O3. The van der Waals surface area contributed by atoms with Gasteiger partial charge >= 0.3 is 5.97 Å². The molecule has 2 atom stereocenters. The van der Waals surface area contributed by atoms with Gasteiger partial charge in [-0.1, -0.05) is 13.8 Å². The number of rotatable bonds is 3. The third-order valence-electron chi connectivity index (χ3n) is 3.37. The van der Waals surface area contributed by atoms with Gasteiger partial charge in [0, 0.05) is 0 Å². The highest BCUT2D eigenvalue weighted by molar-refractivity contribution is 5.99. The lowest BCUT2D eigenvalue weighted by Gasteiger charge is -2.05. The van der Waals surface area contributed by atoms with Gasteiger partial charge in [0.1, 0.15) is 0 Å². The van der Waals surface area contributed by atoms with Crippen LogP contribution >= 0.6 is 0 Å². The maximum Gasteiger partial charge on any atom is 0.307 e. The molecule has 1 aromatic heterocycles. The first kappa shape index (κ1) is 12.5. The molecule has 1 fully saturated rings. The monoisotopic (exact) mass is 252 g/mol. The third-order valence-corrected chi connectivity index (χ3v) is 3.37. The number of carbonyl (C=O) groups excluding carboxylic acids is 1. The Morgan fingerprint density at radius 3 is 2.50 bits per heavy atom. The van der Waals surface area contributed by atoms with Crippen molar-refractivity contribution in [1.29, 1.82) is 0 Å². The Kier molecular flexibility index (Phi) is 2.80. The smallest absolute Gasteiger partial charge is 0.307 e. The lowest BCUT2D eigenvalue weighted by Crippen LogP contribution is -2.17. The molecular weight excluding hydrogens is 239 g/mol. The van der Waals surface area contributed by atoms with Crippen molar-refractivity contribution >= 4 is 17.6 Å². The lowest BCUT2D eigenvalue weighted by molar-refractivity contribution is -0.140. The molecule has 0 aliphatic heterocycles. The summed E-state index contributed by atoms with van der Waals surface area (Å²) in [4.78, 5) is 26.2. The SMILES string of the molecule is CC1(C)C(C(=O)O)C1C(=O)Nc1ccc(F)nc1. The molecule has 0 bridgehead atoms. The van der Waals surface area contributed by atoms with E-state index in [9.17, 15) is 14.0 Å². The molecule has 5 nitrogen and oxygen atoms in total. The van der Waals surface area contributed by atoms with Crippen LogP contribution in [0, 0.1) is 23.2 Å². The molecule has 0 radical (unpaired) electrons. The maximum atomic E-state index is 12.6. The Labute approximate surface area is 103 Å². The third kappa shape index (κ3) is 2.05. The van der Waals surface area contributed by atoms with Gasteiger partial charge in [-0.25, -0.2) is 4.98 Å². The molecule has 1 heterocycles. The molecule has 1 aromatic rings. The van der Waals surface area contributed by atoms with Crippen molar-refractivity contribution in [3.63, 3.8) is 0 Å². The number of halogens is 1. The number of hydrogen-bond donors (Lipinski definition) is 2. The Morgan fingerprint density at radius 2 is 2.06 bits per heavy atom. The Hall–Kier alpha value is -1.98. The molecule has 0 aromatic carbocycles. The summed E-state index contributed by atoms with van der Waals surface area (Å²) >= 11 is 0. The fourth-order valence-electron chi connectivity index (χ4n) is 2.26. The van der Waals surface area contributed by atoms with Gasteiger partial charge in [0.25, 0.3) is 0 Å². The summed E-state index contributed by atoms with van der Waals surface area (Å²) in [6.07, 6.45) is 1.19. The van der Waals surface area contributed by atoms with Crippen molar-refractivity contribution in [2.24, 2.45) is 17.3 Å². The number of carbonyl (C=O) groups is 2. The summed E-state index contributed by atoms with van der Waals surface area (Å²) in [5.74, 6) is -3.23. The molecule has 1 aliphatic carbocycles. The summed E-state index contributed by atoms with van der Waals surface area (Å²) in [5, 5.41) is 11.5. The predicted octanol–water partition coefficient (Wildman–Crippen LogP) is 1.52. The van der Waals surface area contributed by atoms with Crippen molar-refractivity contribution in [2.75, 3.05) is 5.32 Å². The number of aromatic nitrogens is 1. The highest BCUT2D eigenvalue weighted by atomic mass is 19.1. The summed E-state index contributed by atoms with van der Waals surface area (Å²) < 4.78 is 12.6. The molecule has 18 heavy (non-hydrogen) atoms. The predicted molar refractivity (Wildman–Crippen MR) is 61.2 cm³/mol. The molecule has 0 saturated heterocycles. The first-order valence-corrected chi connectivity index (χ1v) is 5.49. The van der Waals surface area contributed by atoms with Crippen LogP contribution in [0.1, 0.15) is 13.8 Å². The normalized spacial score (nSPS) is 24.4. The lowest BCUT2D eigenvalue weighted by atomic mass is 10.1. The van der Waals surface area contributed by atoms with Crippen molar-refractivity contribution < 1.29 is 19.1 Å². The Bertz CT molecular complexity index is 499. The minimum Gasteiger partial charge on any atom is -0.481 e. The van der Waals surface area contributed by atoms with Gasteiger partial charge in [-0.3, -0.25) is 9.59 Å². The number of anilines is 1. The Balaban J connectivity index is 2.06. The van der Waals surface area contributed by atoms with E-state index in [0.29, 0.717) is 5.69 Å². The summed E-state index contributed by atoms with van der Waals surface area (Å²) in [7, 11) is 0. The first-order valence-electron chi connectivity index (χ1n) is 5.49. The summed E-state index contributed by atoms with van der Waals surface area (Å²) in [6.45, 7) is 3.47. The highest BCUT2D eigenvalue weighted by Crippen LogP contribution is 2.58. The van der Waals surface area contributed by atoms with Gasteiger partial charge in [0.15, 0.2) is 0 Å². The van der Waals surface area contributed by atoms with Crippen LogP contribution in [0.2, 0.25) is 0 Å². The van der Waals surface area contributed by atoms with Gasteiger partial charge in [0.2, 0.25) is 11.9 Å². The van der Waals surface area contributed by atoms with Crippen LogP contribution in [0.15, 0.2) is 18.3 Å². The number of hydrogen-bond acceptors (Lipinski definition) is 3. The van der Waals surface area contributed by atoms with Crippen LogP contribution in [-0.2, 0) is 9.59 Å². The molecule has 0 spiro atoms. The quantitative estimate of drug-likeness (QED) is 0.799. The van der Waals surface area contributed by atoms with Gasteiger partial charge in [-0.15, -0.1) is 0 Å². The van der Waals surface area contributed by atoms with E-state index in [1.165, 1.54) is 12.3 Å². The van der Waals surface area contributed by atoms with Crippen molar-refractivity contribution in [1.82, 2.24) is 4.98 Å². The van der Waals surface area contributed by atoms with Gasteiger partial charge in [0.05, 0.1) is 23.7 Å². The molecule has 96 valence electrons. The second kappa shape index (κ2) is 4.04. The number of carboxylic acids is 1. The van der Waals surface area contributed by atoms with E-state index < -0.39 is 29.2 Å². The van der Waals surface area contributed by atoms with E-state index in [4.69, 9.17) is 5.11 Å². The van der Waals surface area contributed by atoms with E-state index in [-0.39, 0.29) is 5.91 Å². The average Bonchev–Trinajstić information content (AvgIpc) is 2.85. The molecule has 1 saturated carbocycles. The largest absolute Gasteiger partial charge is 0.481 e. The second-order valence-corrected chi connectivity index (χ2v) is 4.97. The van der Waals surface area contributed by atoms with Crippen LogP contribution in [0.3, 0.4) is 0 Å². The van der Waals surface area contributed by atoms with E-state index >= 15 is 0 Å². The fraction of sp³-hybridized carbons (Fsp3) is 0.417. The molecule has 6 heteroatoms. The van der Waals surface area contributed by atoms with Crippen molar-refractivity contribution in [3.8, 4) is 0 Å². The zero-order valence-corrected chi connectivity index (χ0v) is 9.98. The van der Waals surface area contributed by atoms with Crippen LogP contribution < -0.4 is 5.32 Å². The van der Waals surface area contributed by atoms with E-state index in [0.717, 1.165) is 6.07 Å². The van der Waals surface area contributed by atoms with Gasteiger partial charge < -0.3 is 10.4 Å². The average molecular weight is 252 g/mol. The van der Waals surface area contributed by atoms with Crippen LogP contribution in [-0.4, -0.2) is 22.0 Å². The number of pyridine rings is 1. The maximum absolute atomic E-state index is 12.6. The topological polar surface area (TPSA) is 79.3 Å². The summed E-state index contributed by atoms with van der Waals surface area (Å²) in [6, 6.07) is 2.51. The van der Waals surface area contributed by atoms with Gasteiger partial charge in [-0.05, 0) is 17.5 Å². The molecule has 2 N–H and O–H groups in total. The minimum atomic E-state index is -0.975. The second-order valence-electron chi connectivity index (χ2n) is 4.97. The number of nitrogens with one attached hydrogen (secondary N) is 1. The van der Waals surface area contributed by atoms with Crippen LogP contribution in [0.4, 0.5) is 10.1 Å². The van der Waals surface area contributed by atoms with E-state index in [1.54, 1.807) is 13.8 Å². The number of aliphatic carboxylic acids is 1. The molecule has 1 amide bonds. The number of amides is 1. The molecule has 2 rings (SSSR count). The minimum absolute atomic E-state index is 0.355. The zero-order chi connectivity index (χ0) is 13.5. The highest BCUT2D eigenvalue weighted by Gasteiger charge is 2.65. The molecule has 2 unspecified atom stereocenters. The number of carboxylic acid groups (broad SMARTS) is 1. The van der Waals surface area contributed by atoms with Crippen molar-refractivity contribution in [3.05, 3.63) is 24.3 Å². The van der Waals surface area contributed by atoms with Gasteiger partial charge in [-0.2, -0.15) is 4.39 Å².